The Morgan fingerprint density at radius 1 is 2.00 bits per heavy atom. The Labute approximate surface area is 54.3 Å². The molecule has 4 heteroatoms. The maximum Gasteiger partial charge on any atom is 0.231 e. The third kappa shape index (κ3) is 1.35. The quantitative estimate of drug-likeness (QED) is 0.445. The highest BCUT2D eigenvalue weighted by Gasteiger charge is 2.18. The van der Waals surface area contributed by atoms with Crippen LogP contribution in [-0.2, 0) is 4.79 Å². The van der Waals surface area contributed by atoms with E-state index in [1.54, 1.807) is 0 Å². The van der Waals surface area contributed by atoms with Gasteiger partial charge in [0.05, 0.1) is 10.6 Å². The summed E-state index contributed by atoms with van der Waals surface area (Å²) in [6, 6.07) is 0. The highest BCUT2D eigenvalue weighted by molar-refractivity contribution is 9.11. The number of carbonyl (C=O) groups excluding carboxylic acids is 1. The zero-order valence-corrected chi connectivity index (χ0v) is 5.88. The van der Waals surface area contributed by atoms with E-state index < -0.39 is 0 Å². The summed E-state index contributed by atoms with van der Waals surface area (Å²) in [4.78, 5) is 10.3. The molecule has 1 rings (SSSR count). The molecule has 1 atom stereocenters. The molecule has 7 heavy (non-hydrogen) atoms. The van der Waals surface area contributed by atoms with E-state index in [1.807, 2.05) is 0 Å². The minimum absolute atomic E-state index is 0.117. The van der Waals surface area contributed by atoms with Gasteiger partial charge in [-0.3, -0.25) is 9.52 Å². The molecule has 0 aliphatic carbocycles. The molecule has 0 radical (unpaired) electrons. The van der Waals surface area contributed by atoms with Gasteiger partial charge in [0.2, 0.25) is 5.91 Å². The first kappa shape index (κ1) is 5.44. The van der Waals surface area contributed by atoms with Gasteiger partial charge in [-0.2, -0.15) is 0 Å². The minimum Gasteiger partial charge on any atom is -0.299 e. The highest BCUT2D eigenvalue weighted by Crippen LogP contribution is 2.23. The van der Waals surface area contributed by atoms with Crippen molar-refractivity contribution in [3.05, 3.63) is 0 Å². The maximum absolute atomic E-state index is 10.3. The van der Waals surface area contributed by atoms with E-state index in [-0.39, 0.29) is 5.91 Å². The van der Waals surface area contributed by atoms with Crippen LogP contribution in [0.4, 0.5) is 0 Å². The molecule has 0 bridgehead atoms. The van der Waals surface area contributed by atoms with Crippen LogP contribution in [0.25, 0.3) is 0 Å². The van der Waals surface area contributed by atoms with Gasteiger partial charge in [0.15, 0.2) is 0 Å². The number of hydrogen-bond donors (Lipinski definition) is 1. The molecular formula is C3H4BrNOS. The zero-order chi connectivity index (χ0) is 5.28. The number of carbonyl (C=O) groups is 1. The SMILES string of the molecule is O=C1CC(Br)SN1. The molecule has 2 nitrogen and oxygen atoms in total. The van der Waals surface area contributed by atoms with E-state index in [1.165, 1.54) is 11.9 Å². The van der Waals surface area contributed by atoms with E-state index in [9.17, 15) is 4.79 Å². The molecule has 1 N–H and O–H groups in total. The van der Waals surface area contributed by atoms with Crippen LogP contribution in [0, 0.1) is 0 Å². The van der Waals surface area contributed by atoms with Crippen LogP contribution in [0.2, 0.25) is 0 Å². The number of rotatable bonds is 0. The van der Waals surface area contributed by atoms with Crippen LogP contribution >= 0.6 is 27.9 Å². The van der Waals surface area contributed by atoms with Gasteiger partial charge in [-0.05, 0) is 11.9 Å². The average Bonchev–Trinajstić information content (AvgIpc) is 1.87. The lowest BCUT2D eigenvalue weighted by atomic mass is 10.5. The molecule has 0 aromatic heterocycles. The monoisotopic (exact) mass is 181 g/mol. The van der Waals surface area contributed by atoms with E-state index >= 15 is 0 Å². The van der Waals surface area contributed by atoms with Gasteiger partial charge < -0.3 is 0 Å². The van der Waals surface area contributed by atoms with Gasteiger partial charge >= 0.3 is 0 Å². The molecule has 0 saturated carbocycles. The molecule has 0 aromatic carbocycles. The first-order valence-electron chi connectivity index (χ1n) is 1.87. The van der Waals surface area contributed by atoms with Crippen molar-refractivity contribution in [2.45, 2.75) is 10.6 Å². The Kier molecular flexibility index (Phi) is 1.59. The smallest absolute Gasteiger partial charge is 0.231 e. The van der Waals surface area contributed by atoms with Crippen LogP contribution in [-0.4, -0.2) is 10.1 Å². The summed E-state index contributed by atoms with van der Waals surface area (Å²) in [6.45, 7) is 0. The Morgan fingerprint density at radius 3 is 2.86 bits per heavy atom. The molecule has 1 aliphatic rings. The predicted molar refractivity (Wildman–Crippen MR) is 33.1 cm³/mol. The van der Waals surface area contributed by atoms with E-state index in [4.69, 9.17) is 0 Å². The minimum atomic E-state index is 0.117. The first-order valence-corrected chi connectivity index (χ1v) is 3.67. The maximum atomic E-state index is 10.3. The number of amides is 1. The van der Waals surface area contributed by atoms with E-state index in [0.29, 0.717) is 10.6 Å². The molecule has 0 aromatic rings. The summed E-state index contributed by atoms with van der Waals surface area (Å²) < 4.78 is 2.89. The van der Waals surface area contributed by atoms with Crippen molar-refractivity contribution < 1.29 is 4.79 Å². The van der Waals surface area contributed by atoms with Gasteiger partial charge in [0, 0.05) is 0 Å². The molecule has 1 heterocycles. The number of halogens is 1. The molecule has 1 amide bonds. The Bertz CT molecular complexity index is 96.9. The van der Waals surface area contributed by atoms with Gasteiger partial charge in [0.25, 0.3) is 0 Å². The molecule has 1 fully saturated rings. The van der Waals surface area contributed by atoms with Crippen molar-refractivity contribution in [1.29, 1.82) is 0 Å². The fraction of sp³-hybridized carbons (Fsp3) is 0.667. The third-order valence-corrected chi connectivity index (χ3v) is 2.30. The Morgan fingerprint density at radius 2 is 2.71 bits per heavy atom. The van der Waals surface area contributed by atoms with Crippen LogP contribution in [0.5, 0.6) is 0 Å². The van der Waals surface area contributed by atoms with Gasteiger partial charge in [-0.25, -0.2) is 0 Å². The summed E-state index contributed by atoms with van der Waals surface area (Å²) >= 11 is 4.68. The second-order valence-corrected chi connectivity index (χ2v) is 3.98. The first-order chi connectivity index (χ1) is 3.29. The topological polar surface area (TPSA) is 29.1 Å². The Hall–Kier alpha value is 0.300. The second kappa shape index (κ2) is 2.05. The lowest BCUT2D eigenvalue weighted by molar-refractivity contribution is -0.118. The number of alkyl halides is 1. The largest absolute Gasteiger partial charge is 0.299 e. The third-order valence-electron chi connectivity index (χ3n) is 0.647. The van der Waals surface area contributed by atoms with E-state index in [2.05, 4.69) is 20.7 Å². The van der Waals surface area contributed by atoms with Crippen molar-refractivity contribution in [3.8, 4) is 0 Å². The van der Waals surface area contributed by atoms with Crippen LogP contribution < -0.4 is 4.72 Å². The molecule has 1 unspecified atom stereocenters. The summed E-state index contributed by atoms with van der Waals surface area (Å²) in [6.07, 6.45) is 0.602. The second-order valence-electron chi connectivity index (χ2n) is 1.26. The standard InChI is InChI=1S/C3H4BrNOS/c4-2-1-3(6)5-7-2/h2H,1H2,(H,5,6). The summed E-state index contributed by atoms with van der Waals surface area (Å²) in [5, 5.41) is 0. The fourth-order valence-electron chi connectivity index (χ4n) is 0.359. The average molecular weight is 182 g/mol. The molecule has 40 valence electrons. The van der Waals surface area contributed by atoms with Gasteiger partial charge in [-0.15, -0.1) is 0 Å². The van der Waals surface area contributed by atoms with Crippen molar-refractivity contribution >= 4 is 33.8 Å². The fourth-order valence-corrected chi connectivity index (χ4v) is 1.51. The lowest BCUT2D eigenvalue weighted by Crippen LogP contribution is -2.04. The summed E-state index contributed by atoms with van der Waals surface area (Å²) in [5.41, 5.74) is 0. The normalized spacial score (nSPS) is 30.4. The van der Waals surface area contributed by atoms with E-state index in [0.717, 1.165) is 0 Å². The van der Waals surface area contributed by atoms with Gasteiger partial charge in [0.1, 0.15) is 0 Å². The highest BCUT2D eigenvalue weighted by atomic mass is 79.9. The lowest BCUT2D eigenvalue weighted by Gasteiger charge is -1.85. The number of hydrogen-bond acceptors (Lipinski definition) is 2. The molecule has 1 saturated heterocycles. The molecule has 0 spiro atoms. The van der Waals surface area contributed by atoms with Gasteiger partial charge in [-0.1, -0.05) is 15.9 Å². The van der Waals surface area contributed by atoms with Crippen LogP contribution in [0.1, 0.15) is 6.42 Å². The zero-order valence-electron chi connectivity index (χ0n) is 3.48. The van der Waals surface area contributed by atoms with Crippen molar-refractivity contribution in [1.82, 2.24) is 4.72 Å². The molecule has 1 aliphatic heterocycles. The number of nitrogens with one attached hydrogen (secondary N) is 1. The van der Waals surface area contributed by atoms with Crippen molar-refractivity contribution in [2.75, 3.05) is 0 Å². The Balaban J connectivity index is 2.40. The molecular weight excluding hydrogens is 178 g/mol. The van der Waals surface area contributed by atoms with Crippen LogP contribution in [0.15, 0.2) is 0 Å². The van der Waals surface area contributed by atoms with Crippen LogP contribution in [0.3, 0.4) is 0 Å². The van der Waals surface area contributed by atoms with Crippen molar-refractivity contribution in [3.63, 3.8) is 0 Å². The summed E-state index contributed by atoms with van der Waals surface area (Å²) in [5.74, 6) is 0.117. The summed E-state index contributed by atoms with van der Waals surface area (Å²) in [7, 11) is 0. The predicted octanol–water partition coefficient (Wildman–Crippen LogP) is 0.875. The van der Waals surface area contributed by atoms with Crippen molar-refractivity contribution in [2.24, 2.45) is 0 Å².